The van der Waals surface area contributed by atoms with Crippen molar-refractivity contribution >= 4 is 22.5 Å². The minimum atomic E-state index is -0.426. The second-order valence-electron chi connectivity index (χ2n) is 14.0. The molecule has 54 heavy (non-hydrogen) atoms. The normalized spacial score (nSPS) is 15.0. The maximum absolute atomic E-state index is 5.10. The number of hydrogen-bond acceptors (Lipinski definition) is 4. The molecule has 0 amide bonds. The van der Waals surface area contributed by atoms with Gasteiger partial charge in [-0.05, 0) is 104 Å². The van der Waals surface area contributed by atoms with Gasteiger partial charge in [0, 0.05) is 27.1 Å². The van der Waals surface area contributed by atoms with Gasteiger partial charge in [0.05, 0.1) is 22.5 Å². The lowest BCUT2D eigenvalue weighted by Gasteiger charge is -2.40. The molecule has 2 aromatic heterocycles. The van der Waals surface area contributed by atoms with E-state index in [-0.39, 0.29) is 0 Å². The summed E-state index contributed by atoms with van der Waals surface area (Å²) in [6, 6.07) is 65.6. The van der Waals surface area contributed by atoms with Gasteiger partial charge in [-0.3, -0.25) is 4.98 Å². The zero-order valence-electron chi connectivity index (χ0n) is 29.1. The fourth-order valence-corrected chi connectivity index (χ4v) is 9.82. The number of rotatable bonds is 4. The summed E-state index contributed by atoms with van der Waals surface area (Å²) in [4.78, 5) is 17.2. The van der Waals surface area contributed by atoms with E-state index in [9.17, 15) is 0 Å². The van der Waals surface area contributed by atoms with Crippen molar-refractivity contribution in [1.82, 2.24) is 15.0 Å². The maximum Gasteiger partial charge on any atom is 0.160 e. The van der Waals surface area contributed by atoms with E-state index in [1.807, 2.05) is 54.4 Å². The SMILES string of the molecule is c1ccc(-c2nc(-c3cccc(-c4ccc5c(c4)Sc4ccccc4C54c5ccccc5-c5cc6ccccc6cc54)c3)cc(-c3ccccn3)n2)cc1. The number of hydrogen-bond donors (Lipinski definition) is 0. The fourth-order valence-electron chi connectivity index (χ4n) is 8.58. The van der Waals surface area contributed by atoms with E-state index in [4.69, 9.17) is 9.97 Å². The summed E-state index contributed by atoms with van der Waals surface area (Å²) in [6.07, 6.45) is 1.81. The van der Waals surface area contributed by atoms with Crippen LogP contribution in [0.25, 0.3) is 67.1 Å². The Kier molecular flexibility index (Phi) is 7.01. The molecule has 9 aromatic rings. The Labute approximate surface area is 318 Å². The number of fused-ring (bicyclic) bond motifs is 10. The van der Waals surface area contributed by atoms with Gasteiger partial charge >= 0.3 is 0 Å². The van der Waals surface area contributed by atoms with Crippen molar-refractivity contribution in [3.05, 3.63) is 210 Å². The molecule has 1 unspecified atom stereocenters. The molecule has 0 saturated carbocycles. The number of aromatic nitrogens is 3. The van der Waals surface area contributed by atoms with Crippen LogP contribution in [0.15, 0.2) is 198 Å². The average Bonchev–Trinajstić information content (AvgIpc) is 3.52. The minimum Gasteiger partial charge on any atom is -0.255 e. The van der Waals surface area contributed by atoms with Crippen molar-refractivity contribution < 1.29 is 0 Å². The Balaban J connectivity index is 1.08. The van der Waals surface area contributed by atoms with Crippen LogP contribution >= 0.6 is 11.8 Å². The van der Waals surface area contributed by atoms with E-state index in [1.54, 1.807) is 0 Å². The molecule has 1 atom stereocenters. The summed E-state index contributed by atoms with van der Waals surface area (Å²) in [6.45, 7) is 0. The first-order valence-corrected chi connectivity index (χ1v) is 19.1. The first kappa shape index (κ1) is 31.0. The topological polar surface area (TPSA) is 38.7 Å². The highest BCUT2D eigenvalue weighted by atomic mass is 32.2. The van der Waals surface area contributed by atoms with Gasteiger partial charge in [0.25, 0.3) is 0 Å². The molecule has 0 saturated heterocycles. The average molecular weight is 706 g/mol. The van der Waals surface area contributed by atoms with E-state index < -0.39 is 5.41 Å². The maximum atomic E-state index is 5.10. The first-order chi connectivity index (χ1) is 26.7. The van der Waals surface area contributed by atoms with Crippen LogP contribution in [0.3, 0.4) is 0 Å². The third-order valence-electron chi connectivity index (χ3n) is 11.0. The van der Waals surface area contributed by atoms with Crippen LogP contribution in [0.4, 0.5) is 0 Å². The second kappa shape index (κ2) is 12.2. The molecule has 1 spiro atoms. The molecule has 1 aliphatic carbocycles. The van der Waals surface area contributed by atoms with Gasteiger partial charge in [-0.15, -0.1) is 0 Å². The molecule has 252 valence electrons. The number of benzene rings is 7. The molecule has 3 nitrogen and oxygen atoms in total. The molecule has 3 heterocycles. The van der Waals surface area contributed by atoms with E-state index >= 15 is 0 Å². The van der Waals surface area contributed by atoms with Gasteiger partial charge in [0.1, 0.15) is 0 Å². The molecule has 4 heteroatoms. The van der Waals surface area contributed by atoms with Gasteiger partial charge in [-0.1, -0.05) is 145 Å². The highest BCUT2D eigenvalue weighted by Gasteiger charge is 2.50. The predicted octanol–water partition coefficient (Wildman–Crippen LogP) is 12.5. The summed E-state index contributed by atoms with van der Waals surface area (Å²) < 4.78 is 0. The lowest BCUT2D eigenvalue weighted by Crippen LogP contribution is -2.32. The Hall–Kier alpha value is -6.62. The molecule has 0 fully saturated rings. The van der Waals surface area contributed by atoms with Crippen molar-refractivity contribution in [2.24, 2.45) is 0 Å². The van der Waals surface area contributed by atoms with E-state index in [2.05, 4.69) is 151 Å². The van der Waals surface area contributed by atoms with Gasteiger partial charge in [-0.25, -0.2) is 9.97 Å². The molecule has 7 aromatic carbocycles. The molecule has 0 radical (unpaired) electrons. The van der Waals surface area contributed by atoms with Gasteiger partial charge in [0.2, 0.25) is 0 Å². The van der Waals surface area contributed by atoms with Crippen LogP contribution in [0.2, 0.25) is 0 Å². The minimum absolute atomic E-state index is 0.426. The zero-order chi connectivity index (χ0) is 35.6. The van der Waals surface area contributed by atoms with Crippen LogP contribution in [0.5, 0.6) is 0 Å². The molecular formula is C50H31N3S. The smallest absolute Gasteiger partial charge is 0.160 e. The summed E-state index contributed by atoms with van der Waals surface area (Å²) in [5, 5.41) is 2.53. The number of nitrogens with zero attached hydrogens (tertiary/aromatic N) is 3. The van der Waals surface area contributed by atoms with Crippen molar-refractivity contribution in [2.45, 2.75) is 15.2 Å². The fraction of sp³-hybridized carbons (Fsp3) is 0.0200. The Bertz CT molecular complexity index is 2860. The lowest BCUT2D eigenvalue weighted by atomic mass is 9.67. The van der Waals surface area contributed by atoms with E-state index in [0.717, 1.165) is 33.8 Å². The van der Waals surface area contributed by atoms with E-state index in [1.165, 1.54) is 59.5 Å². The third-order valence-corrected chi connectivity index (χ3v) is 12.1. The largest absolute Gasteiger partial charge is 0.255 e. The van der Waals surface area contributed by atoms with Crippen molar-refractivity contribution in [1.29, 1.82) is 0 Å². The Morgan fingerprint density at radius 1 is 0.370 bits per heavy atom. The van der Waals surface area contributed by atoms with Crippen LogP contribution in [-0.2, 0) is 5.41 Å². The van der Waals surface area contributed by atoms with Crippen LogP contribution in [-0.4, -0.2) is 15.0 Å². The molecule has 1 aliphatic heterocycles. The summed E-state index contributed by atoms with van der Waals surface area (Å²) >= 11 is 1.88. The van der Waals surface area contributed by atoms with Crippen LogP contribution < -0.4 is 0 Å². The lowest BCUT2D eigenvalue weighted by molar-refractivity contribution is 0.723. The van der Waals surface area contributed by atoms with E-state index in [0.29, 0.717) is 5.82 Å². The first-order valence-electron chi connectivity index (χ1n) is 18.3. The van der Waals surface area contributed by atoms with Crippen molar-refractivity contribution in [3.8, 4) is 56.3 Å². The Morgan fingerprint density at radius 2 is 1.06 bits per heavy atom. The van der Waals surface area contributed by atoms with Crippen LogP contribution in [0, 0.1) is 0 Å². The molecule has 2 aliphatic rings. The van der Waals surface area contributed by atoms with Crippen molar-refractivity contribution in [2.75, 3.05) is 0 Å². The van der Waals surface area contributed by atoms with Crippen molar-refractivity contribution in [3.63, 3.8) is 0 Å². The number of pyridine rings is 1. The highest BCUT2D eigenvalue weighted by molar-refractivity contribution is 7.99. The molecule has 11 rings (SSSR count). The summed E-state index contributed by atoms with van der Waals surface area (Å²) in [5.74, 6) is 0.679. The second-order valence-corrected chi connectivity index (χ2v) is 15.1. The van der Waals surface area contributed by atoms with Gasteiger partial charge in [0.15, 0.2) is 5.82 Å². The summed E-state index contributed by atoms with van der Waals surface area (Å²) in [7, 11) is 0. The Morgan fingerprint density at radius 3 is 1.93 bits per heavy atom. The van der Waals surface area contributed by atoms with Gasteiger partial charge < -0.3 is 0 Å². The standard InChI is InChI=1S/C50H31N3S/c1-2-13-32(14-3-1)49-52-45(31-46(53-49)44-22-10-11-26-51-44)37-18-12-17-33(27-37)36-24-25-42-48(30-36)54-47-23-9-8-21-41(47)50(42)40-20-7-6-19-38(40)39-28-34-15-4-5-16-35(34)29-43(39)50/h1-31H. The predicted molar refractivity (Wildman–Crippen MR) is 221 cm³/mol. The molecule has 0 N–H and O–H groups in total. The third kappa shape index (κ3) is 4.74. The van der Waals surface area contributed by atoms with Gasteiger partial charge in [-0.2, -0.15) is 0 Å². The highest BCUT2D eigenvalue weighted by Crippen LogP contribution is 2.62. The monoisotopic (exact) mass is 705 g/mol. The summed E-state index contributed by atoms with van der Waals surface area (Å²) in [5.41, 5.74) is 14.4. The molecule has 0 bridgehead atoms. The zero-order valence-corrected chi connectivity index (χ0v) is 30.0. The van der Waals surface area contributed by atoms with Crippen LogP contribution in [0.1, 0.15) is 22.3 Å². The molecular weight excluding hydrogens is 675 g/mol. The quantitative estimate of drug-likeness (QED) is 0.183.